The zero-order chi connectivity index (χ0) is 17.8. The van der Waals surface area contributed by atoms with Gasteiger partial charge < -0.3 is 14.7 Å². The maximum Gasteiger partial charge on any atom is 0.229 e. The molecule has 1 N–H and O–H groups in total. The van der Waals surface area contributed by atoms with Crippen molar-refractivity contribution >= 4 is 17.5 Å². The molecule has 0 bridgehead atoms. The van der Waals surface area contributed by atoms with Crippen molar-refractivity contribution in [3.63, 3.8) is 0 Å². The van der Waals surface area contributed by atoms with Gasteiger partial charge in [-0.15, -0.1) is 0 Å². The number of amides is 2. The molecule has 1 aromatic heterocycles. The van der Waals surface area contributed by atoms with Crippen molar-refractivity contribution in [3.8, 4) is 0 Å². The van der Waals surface area contributed by atoms with Gasteiger partial charge in [0, 0.05) is 30.6 Å². The van der Waals surface area contributed by atoms with Crippen molar-refractivity contribution in [1.29, 1.82) is 0 Å². The highest BCUT2D eigenvalue weighted by atomic mass is 16.5. The summed E-state index contributed by atoms with van der Waals surface area (Å²) in [6.45, 7) is 4.47. The number of benzene rings is 1. The van der Waals surface area contributed by atoms with Crippen molar-refractivity contribution < 1.29 is 14.1 Å². The summed E-state index contributed by atoms with van der Waals surface area (Å²) < 4.78 is 5.31. The van der Waals surface area contributed by atoms with Crippen LogP contribution in [0, 0.1) is 0 Å². The normalized spacial score (nSPS) is 17.1. The van der Waals surface area contributed by atoms with Crippen LogP contribution in [0.15, 0.2) is 34.9 Å². The second-order valence-corrected chi connectivity index (χ2v) is 6.22. The number of aryl methyl sites for hydroxylation is 2. The van der Waals surface area contributed by atoms with Crippen molar-refractivity contribution in [2.45, 2.75) is 45.6 Å². The molecule has 1 aliphatic heterocycles. The fraction of sp³-hybridized carbons (Fsp3) is 0.421. The molecule has 1 aromatic carbocycles. The highest BCUT2D eigenvalue weighted by molar-refractivity contribution is 5.96. The molecule has 0 aliphatic carbocycles. The summed E-state index contributed by atoms with van der Waals surface area (Å²) in [4.78, 5) is 26.4. The Labute approximate surface area is 147 Å². The third kappa shape index (κ3) is 3.73. The Kier molecular flexibility index (Phi) is 5.16. The minimum absolute atomic E-state index is 0.0324. The van der Waals surface area contributed by atoms with Gasteiger partial charge in [-0.25, -0.2) is 0 Å². The fourth-order valence-corrected chi connectivity index (χ4v) is 3.24. The first kappa shape index (κ1) is 17.2. The van der Waals surface area contributed by atoms with E-state index < -0.39 is 0 Å². The van der Waals surface area contributed by atoms with E-state index >= 15 is 0 Å². The second kappa shape index (κ2) is 7.51. The summed E-state index contributed by atoms with van der Waals surface area (Å²) in [5.41, 5.74) is 2.58. The van der Waals surface area contributed by atoms with E-state index in [1.54, 1.807) is 4.90 Å². The average Bonchev–Trinajstić information content (AvgIpc) is 3.18. The number of nitrogens with zero attached hydrogens (tertiary/aromatic N) is 2. The molecule has 6 heteroatoms. The third-order valence-electron chi connectivity index (χ3n) is 4.50. The first-order valence-electron chi connectivity index (χ1n) is 8.73. The van der Waals surface area contributed by atoms with Crippen LogP contribution in [0.2, 0.25) is 0 Å². The highest BCUT2D eigenvalue weighted by Crippen LogP contribution is 2.21. The summed E-state index contributed by atoms with van der Waals surface area (Å²) >= 11 is 0. The molecule has 1 atom stereocenters. The molecule has 2 amide bonds. The third-order valence-corrected chi connectivity index (χ3v) is 4.50. The number of hydrogen-bond acceptors (Lipinski definition) is 4. The molecule has 0 radical (unpaired) electrons. The van der Waals surface area contributed by atoms with E-state index in [-0.39, 0.29) is 24.3 Å². The van der Waals surface area contributed by atoms with E-state index in [9.17, 15) is 9.59 Å². The topological polar surface area (TPSA) is 75.4 Å². The number of aromatic nitrogens is 1. The zero-order valence-corrected chi connectivity index (χ0v) is 14.6. The monoisotopic (exact) mass is 341 g/mol. The predicted octanol–water partition coefficient (Wildman–Crippen LogP) is 2.26. The lowest BCUT2D eigenvalue weighted by Gasteiger charge is -2.17. The minimum Gasteiger partial charge on any atom is -0.361 e. The zero-order valence-electron chi connectivity index (χ0n) is 14.6. The molecule has 1 saturated heterocycles. The molecule has 6 nitrogen and oxygen atoms in total. The van der Waals surface area contributed by atoms with Gasteiger partial charge in [0.05, 0.1) is 18.2 Å². The van der Waals surface area contributed by atoms with Crippen molar-refractivity contribution in [2.75, 3.05) is 11.4 Å². The Bertz CT molecular complexity index is 733. The number of anilines is 1. The van der Waals surface area contributed by atoms with Crippen molar-refractivity contribution in [1.82, 2.24) is 10.5 Å². The van der Waals surface area contributed by atoms with Gasteiger partial charge >= 0.3 is 0 Å². The van der Waals surface area contributed by atoms with Gasteiger partial charge in [-0.05, 0) is 18.6 Å². The molecule has 2 aromatic rings. The lowest BCUT2D eigenvalue weighted by molar-refractivity contribution is -0.121. The lowest BCUT2D eigenvalue weighted by atomic mass is 10.1. The number of carbonyl (C=O) groups excluding carboxylic acids is 2. The van der Waals surface area contributed by atoms with Gasteiger partial charge in [0.15, 0.2) is 0 Å². The Morgan fingerprint density at radius 1 is 1.28 bits per heavy atom. The van der Waals surface area contributed by atoms with Gasteiger partial charge in [-0.3, -0.25) is 9.59 Å². The van der Waals surface area contributed by atoms with Crippen LogP contribution >= 0.6 is 0 Å². The maximum atomic E-state index is 12.4. The molecule has 25 heavy (non-hydrogen) atoms. The van der Waals surface area contributed by atoms with Crippen LogP contribution in [0.1, 0.15) is 37.3 Å². The van der Waals surface area contributed by atoms with Crippen LogP contribution in [0.4, 0.5) is 5.69 Å². The molecule has 1 fully saturated rings. The predicted molar refractivity (Wildman–Crippen MR) is 94.3 cm³/mol. The van der Waals surface area contributed by atoms with E-state index in [2.05, 4.69) is 10.5 Å². The van der Waals surface area contributed by atoms with Crippen molar-refractivity contribution in [3.05, 3.63) is 47.3 Å². The standard InChI is InChI=1S/C19H23N3O3/c1-3-16-15(17(4-2)25-21-16)11-18(23)20-13-10-19(24)22(12-13)14-8-6-5-7-9-14/h5-9,13H,3-4,10-12H2,1-2H3,(H,20,23)/t13-/m1/s1. The number of rotatable bonds is 6. The number of carbonyl (C=O) groups is 2. The average molecular weight is 341 g/mol. The Balaban J connectivity index is 1.63. The van der Waals surface area contributed by atoms with Crippen LogP contribution in [0.5, 0.6) is 0 Å². The van der Waals surface area contributed by atoms with Crippen LogP contribution in [0.25, 0.3) is 0 Å². The van der Waals surface area contributed by atoms with Gasteiger partial charge in [0.2, 0.25) is 11.8 Å². The second-order valence-electron chi connectivity index (χ2n) is 6.22. The van der Waals surface area contributed by atoms with Gasteiger partial charge in [0.25, 0.3) is 0 Å². The molecule has 2 heterocycles. The van der Waals surface area contributed by atoms with Crippen LogP contribution in [-0.2, 0) is 28.9 Å². The van der Waals surface area contributed by atoms with E-state index in [1.807, 2.05) is 44.2 Å². The maximum absolute atomic E-state index is 12.4. The number of hydrogen-bond donors (Lipinski definition) is 1. The SMILES string of the molecule is CCc1noc(CC)c1CC(=O)N[C@@H]1CC(=O)N(c2ccccc2)C1. The molecule has 1 aliphatic rings. The molecular weight excluding hydrogens is 318 g/mol. The van der Waals surface area contributed by atoms with Crippen molar-refractivity contribution in [2.24, 2.45) is 0 Å². The number of nitrogens with one attached hydrogen (secondary N) is 1. The lowest BCUT2D eigenvalue weighted by Crippen LogP contribution is -2.38. The summed E-state index contributed by atoms with van der Waals surface area (Å²) in [6, 6.07) is 9.35. The molecule has 0 spiro atoms. The summed E-state index contributed by atoms with van der Waals surface area (Å²) in [7, 11) is 0. The quantitative estimate of drug-likeness (QED) is 0.874. The molecule has 132 valence electrons. The smallest absolute Gasteiger partial charge is 0.229 e. The molecular formula is C19H23N3O3. The van der Waals surface area contributed by atoms with Crippen LogP contribution < -0.4 is 10.2 Å². The summed E-state index contributed by atoms with van der Waals surface area (Å²) in [6.07, 6.45) is 2.01. The van der Waals surface area contributed by atoms with Gasteiger partial charge in [0.1, 0.15) is 5.76 Å². The van der Waals surface area contributed by atoms with Gasteiger partial charge in [-0.2, -0.15) is 0 Å². The largest absolute Gasteiger partial charge is 0.361 e. The Hall–Kier alpha value is -2.63. The first-order chi connectivity index (χ1) is 12.1. The van der Waals surface area contributed by atoms with E-state index in [0.29, 0.717) is 19.4 Å². The first-order valence-corrected chi connectivity index (χ1v) is 8.73. The molecule has 0 saturated carbocycles. The van der Waals surface area contributed by atoms with Crippen LogP contribution in [0.3, 0.4) is 0 Å². The Morgan fingerprint density at radius 3 is 2.72 bits per heavy atom. The van der Waals surface area contributed by atoms with E-state index in [0.717, 1.165) is 29.1 Å². The van der Waals surface area contributed by atoms with Gasteiger partial charge in [-0.1, -0.05) is 37.2 Å². The van der Waals surface area contributed by atoms with E-state index in [4.69, 9.17) is 4.52 Å². The fourth-order valence-electron chi connectivity index (χ4n) is 3.24. The summed E-state index contributed by atoms with van der Waals surface area (Å²) in [5, 5.41) is 7.02. The number of para-hydroxylation sites is 1. The molecule has 0 unspecified atom stereocenters. The van der Waals surface area contributed by atoms with Crippen LogP contribution in [-0.4, -0.2) is 29.6 Å². The van der Waals surface area contributed by atoms with E-state index in [1.165, 1.54) is 0 Å². The Morgan fingerprint density at radius 2 is 2.04 bits per heavy atom. The minimum atomic E-state index is -0.171. The highest BCUT2D eigenvalue weighted by Gasteiger charge is 2.31. The molecule has 3 rings (SSSR count). The summed E-state index contributed by atoms with van der Waals surface area (Å²) in [5.74, 6) is 0.700.